The third kappa shape index (κ3) is 9.67. The van der Waals surface area contributed by atoms with E-state index in [1.54, 1.807) is 42.5 Å². The van der Waals surface area contributed by atoms with Crippen LogP contribution in [-0.4, -0.2) is 50.5 Å². The maximum Gasteiger partial charge on any atom is 0.242 e. The van der Waals surface area contributed by atoms with Gasteiger partial charge in [-0.3, -0.25) is 13.9 Å². The van der Waals surface area contributed by atoms with Crippen molar-refractivity contribution in [2.45, 2.75) is 52.6 Å². The Kier molecular flexibility index (Phi) is 12.0. The molecule has 0 aliphatic rings. The van der Waals surface area contributed by atoms with Gasteiger partial charge in [-0.15, -0.1) is 0 Å². The second kappa shape index (κ2) is 14.2. The fourth-order valence-electron chi connectivity index (χ4n) is 3.81. The molecule has 0 aliphatic carbocycles. The van der Waals surface area contributed by atoms with Crippen molar-refractivity contribution < 1.29 is 18.0 Å². The van der Waals surface area contributed by atoms with Gasteiger partial charge < -0.3 is 10.2 Å². The molecule has 11 heteroatoms. The number of carbonyl (C=O) groups excluding carboxylic acids is 2. The number of hydrogen-bond acceptors (Lipinski definition) is 4. The first-order chi connectivity index (χ1) is 17.3. The highest BCUT2D eigenvalue weighted by Crippen LogP contribution is 2.25. The summed E-state index contributed by atoms with van der Waals surface area (Å²) >= 11 is 18.5. The van der Waals surface area contributed by atoms with E-state index in [0.717, 1.165) is 6.26 Å². The lowest BCUT2D eigenvalue weighted by Gasteiger charge is -2.31. The van der Waals surface area contributed by atoms with E-state index in [1.807, 2.05) is 20.8 Å². The molecule has 0 aromatic heterocycles. The SMILES string of the molecule is CC[C@H](C(=O)NCC(C)C)N(Cc1ccc(Cl)cc1Cl)C(=O)CCCN(c1cccc(Cl)c1)S(C)(=O)=O. The number of anilines is 1. The van der Waals surface area contributed by atoms with Crippen molar-refractivity contribution in [3.8, 4) is 0 Å². The van der Waals surface area contributed by atoms with Gasteiger partial charge in [0.2, 0.25) is 21.8 Å². The smallest absolute Gasteiger partial charge is 0.242 e. The van der Waals surface area contributed by atoms with E-state index in [9.17, 15) is 18.0 Å². The topological polar surface area (TPSA) is 86.8 Å². The van der Waals surface area contributed by atoms with Crippen molar-refractivity contribution >= 4 is 62.3 Å². The minimum atomic E-state index is -3.61. The van der Waals surface area contributed by atoms with Crippen LogP contribution in [0.25, 0.3) is 0 Å². The Balaban J connectivity index is 2.25. The molecular weight excluding hydrogens is 557 g/mol. The summed E-state index contributed by atoms with van der Waals surface area (Å²) in [5.41, 5.74) is 1.08. The molecule has 1 atom stereocenters. The van der Waals surface area contributed by atoms with Gasteiger partial charge in [0.25, 0.3) is 0 Å². The molecule has 0 radical (unpaired) electrons. The quantitative estimate of drug-likeness (QED) is 0.321. The van der Waals surface area contributed by atoms with Crippen LogP contribution in [0.1, 0.15) is 45.6 Å². The van der Waals surface area contributed by atoms with Crippen LogP contribution < -0.4 is 9.62 Å². The average Bonchev–Trinajstić information content (AvgIpc) is 2.80. The van der Waals surface area contributed by atoms with Crippen molar-refractivity contribution in [1.82, 2.24) is 10.2 Å². The number of nitrogens with zero attached hydrogens (tertiary/aromatic N) is 2. The molecule has 37 heavy (non-hydrogen) atoms. The van der Waals surface area contributed by atoms with Crippen LogP contribution in [0.5, 0.6) is 0 Å². The summed E-state index contributed by atoms with van der Waals surface area (Å²) in [4.78, 5) is 28.0. The Morgan fingerprint density at radius 2 is 1.70 bits per heavy atom. The summed E-state index contributed by atoms with van der Waals surface area (Å²) in [5.74, 6) is -0.270. The van der Waals surface area contributed by atoms with Crippen LogP contribution in [0, 0.1) is 5.92 Å². The molecule has 0 saturated heterocycles. The lowest BCUT2D eigenvalue weighted by atomic mass is 10.1. The summed E-state index contributed by atoms with van der Waals surface area (Å²) in [5, 5.41) is 4.18. The molecule has 2 amide bonds. The van der Waals surface area contributed by atoms with Gasteiger partial charge in [-0.1, -0.05) is 67.7 Å². The van der Waals surface area contributed by atoms with Crippen LogP contribution in [-0.2, 0) is 26.2 Å². The van der Waals surface area contributed by atoms with Crippen molar-refractivity contribution in [2.75, 3.05) is 23.7 Å². The van der Waals surface area contributed by atoms with Gasteiger partial charge in [-0.05, 0) is 54.7 Å². The van der Waals surface area contributed by atoms with Crippen LogP contribution >= 0.6 is 34.8 Å². The molecule has 2 aromatic rings. The van der Waals surface area contributed by atoms with Crippen molar-refractivity contribution in [1.29, 1.82) is 0 Å². The highest BCUT2D eigenvalue weighted by molar-refractivity contribution is 7.92. The monoisotopic (exact) mass is 589 g/mol. The first kappa shape index (κ1) is 31.2. The molecule has 0 aliphatic heterocycles. The zero-order valence-corrected chi connectivity index (χ0v) is 24.6. The number of hydrogen-bond donors (Lipinski definition) is 1. The van der Waals surface area contributed by atoms with E-state index < -0.39 is 16.1 Å². The Hall–Kier alpha value is -2.00. The van der Waals surface area contributed by atoms with Gasteiger partial charge in [0.15, 0.2) is 0 Å². The molecule has 0 spiro atoms. The van der Waals surface area contributed by atoms with Gasteiger partial charge in [-0.25, -0.2) is 8.42 Å². The van der Waals surface area contributed by atoms with Crippen molar-refractivity contribution in [3.05, 3.63) is 63.1 Å². The third-order valence-corrected chi connectivity index (χ3v) is 7.69. The van der Waals surface area contributed by atoms with E-state index in [1.165, 1.54) is 9.21 Å². The van der Waals surface area contributed by atoms with Crippen LogP contribution in [0.15, 0.2) is 42.5 Å². The molecule has 0 saturated carbocycles. The Labute approximate surface area is 235 Å². The van der Waals surface area contributed by atoms with Gasteiger partial charge in [0.05, 0.1) is 11.9 Å². The number of halogens is 3. The standard InChI is InChI=1S/C26H34Cl3N3O4S/c1-5-24(26(34)30-16-18(2)3)31(17-19-11-12-21(28)15-23(19)29)25(33)10-7-13-32(37(4,35)36)22-9-6-8-20(27)14-22/h6,8-9,11-12,14-15,18,24H,5,7,10,13,16-17H2,1-4H3,(H,30,34)/t24-/m1/s1. The molecular formula is C26H34Cl3N3O4S. The van der Waals surface area contributed by atoms with Crippen LogP contribution in [0.3, 0.4) is 0 Å². The van der Waals surface area contributed by atoms with Crippen LogP contribution in [0.4, 0.5) is 5.69 Å². The van der Waals surface area contributed by atoms with Crippen molar-refractivity contribution in [3.63, 3.8) is 0 Å². The fraction of sp³-hybridized carbons (Fsp3) is 0.462. The molecule has 1 N–H and O–H groups in total. The van der Waals surface area contributed by atoms with E-state index in [4.69, 9.17) is 34.8 Å². The summed E-state index contributed by atoms with van der Waals surface area (Å²) in [6.45, 7) is 6.51. The normalized spacial score (nSPS) is 12.3. The maximum atomic E-state index is 13.5. The van der Waals surface area contributed by atoms with Gasteiger partial charge in [0, 0.05) is 41.1 Å². The number of carbonyl (C=O) groups is 2. The predicted octanol–water partition coefficient (Wildman–Crippen LogP) is 5.77. The highest BCUT2D eigenvalue weighted by Gasteiger charge is 2.29. The molecule has 7 nitrogen and oxygen atoms in total. The van der Waals surface area contributed by atoms with Gasteiger partial charge in [0.1, 0.15) is 6.04 Å². The number of sulfonamides is 1. The molecule has 204 valence electrons. The summed E-state index contributed by atoms with van der Waals surface area (Å²) in [6.07, 6.45) is 1.79. The third-order valence-electron chi connectivity index (χ3n) is 5.67. The number of nitrogens with one attached hydrogen (secondary N) is 1. The summed E-state index contributed by atoms with van der Waals surface area (Å²) in [7, 11) is -3.61. The number of amides is 2. The van der Waals surface area contributed by atoms with E-state index in [-0.39, 0.29) is 43.7 Å². The van der Waals surface area contributed by atoms with Crippen LogP contribution in [0.2, 0.25) is 15.1 Å². The van der Waals surface area contributed by atoms with Gasteiger partial charge in [-0.2, -0.15) is 0 Å². The number of rotatable bonds is 13. The van der Waals surface area contributed by atoms with E-state index in [2.05, 4.69) is 5.32 Å². The maximum absolute atomic E-state index is 13.5. The molecule has 0 heterocycles. The molecule has 0 unspecified atom stereocenters. The minimum Gasteiger partial charge on any atom is -0.354 e. The minimum absolute atomic E-state index is 0.0335. The summed E-state index contributed by atoms with van der Waals surface area (Å²) < 4.78 is 26.1. The average molecular weight is 591 g/mol. The predicted molar refractivity (Wildman–Crippen MR) is 152 cm³/mol. The zero-order chi connectivity index (χ0) is 27.8. The molecule has 0 fully saturated rings. The van der Waals surface area contributed by atoms with Crippen molar-refractivity contribution in [2.24, 2.45) is 5.92 Å². The Morgan fingerprint density at radius 1 is 1.03 bits per heavy atom. The fourth-order valence-corrected chi connectivity index (χ4v) is 5.42. The molecule has 2 rings (SSSR count). The lowest BCUT2D eigenvalue weighted by Crippen LogP contribution is -2.49. The second-order valence-corrected chi connectivity index (χ2v) is 12.4. The van der Waals surface area contributed by atoms with E-state index >= 15 is 0 Å². The Morgan fingerprint density at radius 3 is 2.27 bits per heavy atom. The highest BCUT2D eigenvalue weighted by atomic mass is 35.5. The molecule has 0 bridgehead atoms. The number of benzene rings is 2. The summed E-state index contributed by atoms with van der Waals surface area (Å²) in [6, 6.07) is 10.8. The first-order valence-electron chi connectivity index (χ1n) is 12.1. The first-order valence-corrected chi connectivity index (χ1v) is 15.1. The van der Waals surface area contributed by atoms with Gasteiger partial charge >= 0.3 is 0 Å². The zero-order valence-electron chi connectivity index (χ0n) is 21.5. The Bertz CT molecular complexity index is 1190. The largest absolute Gasteiger partial charge is 0.354 e. The second-order valence-electron chi connectivity index (χ2n) is 9.24. The lowest BCUT2D eigenvalue weighted by molar-refractivity contribution is -0.141. The molecule has 2 aromatic carbocycles. The van der Waals surface area contributed by atoms with E-state index in [0.29, 0.717) is 39.3 Å².